The molecular formula is C20H23NO. The summed E-state index contributed by atoms with van der Waals surface area (Å²) < 4.78 is 0. The molecule has 2 aromatic carbocycles. The van der Waals surface area contributed by atoms with Crippen molar-refractivity contribution in [2.45, 2.75) is 46.1 Å². The van der Waals surface area contributed by atoms with Gasteiger partial charge in [-0.25, -0.2) is 0 Å². The van der Waals surface area contributed by atoms with E-state index in [1.165, 1.54) is 22.3 Å². The molecule has 1 aliphatic carbocycles. The highest BCUT2D eigenvalue weighted by molar-refractivity contribution is 5.96. The lowest BCUT2D eigenvalue weighted by Crippen LogP contribution is -2.31. The molecule has 0 aliphatic heterocycles. The lowest BCUT2D eigenvalue weighted by molar-refractivity contribution is 0.0932. The largest absolute Gasteiger partial charge is 0.345 e. The fourth-order valence-corrected chi connectivity index (χ4v) is 3.35. The molecule has 1 aliphatic rings. The molecule has 2 nitrogen and oxygen atoms in total. The maximum atomic E-state index is 12.7. The molecule has 1 atom stereocenters. The van der Waals surface area contributed by atoms with Crippen LogP contribution in [0.1, 0.15) is 57.1 Å². The van der Waals surface area contributed by atoms with Gasteiger partial charge in [0.15, 0.2) is 0 Å². The predicted molar refractivity (Wildman–Crippen MR) is 90.2 cm³/mol. The van der Waals surface area contributed by atoms with Crippen molar-refractivity contribution in [2.75, 3.05) is 0 Å². The van der Waals surface area contributed by atoms with Crippen molar-refractivity contribution in [3.63, 3.8) is 0 Å². The molecule has 0 spiro atoms. The highest BCUT2D eigenvalue weighted by atomic mass is 16.1. The molecule has 0 heterocycles. The van der Waals surface area contributed by atoms with Gasteiger partial charge in [0.1, 0.15) is 0 Å². The van der Waals surface area contributed by atoms with Crippen LogP contribution in [0.15, 0.2) is 36.4 Å². The molecule has 0 radical (unpaired) electrons. The number of aryl methyl sites for hydroxylation is 4. The number of benzene rings is 2. The first-order chi connectivity index (χ1) is 10.6. The zero-order chi connectivity index (χ0) is 15.7. The molecule has 0 aromatic heterocycles. The van der Waals surface area contributed by atoms with E-state index in [-0.39, 0.29) is 11.9 Å². The minimum absolute atomic E-state index is 0.0438. The van der Waals surface area contributed by atoms with Crippen LogP contribution in [0.3, 0.4) is 0 Å². The second kappa shape index (κ2) is 5.96. The standard InChI is InChI=1S/C20H23NO/c1-13-11-15(3)18(12-14(13)2)20(22)21-19-10-6-8-16-7-4-5-9-17(16)19/h4-5,7,9,11-12,19H,6,8,10H2,1-3H3,(H,21,22). The topological polar surface area (TPSA) is 29.1 Å². The Balaban J connectivity index is 1.85. The van der Waals surface area contributed by atoms with Crippen LogP contribution in [0.4, 0.5) is 0 Å². The zero-order valence-corrected chi connectivity index (χ0v) is 13.6. The average Bonchev–Trinajstić information content (AvgIpc) is 2.51. The summed E-state index contributed by atoms with van der Waals surface area (Å²) in [5.41, 5.74) is 6.90. The van der Waals surface area contributed by atoms with Gasteiger partial charge in [0.2, 0.25) is 0 Å². The molecular weight excluding hydrogens is 270 g/mol. The third-order valence-electron chi connectivity index (χ3n) is 4.76. The fourth-order valence-electron chi connectivity index (χ4n) is 3.35. The maximum absolute atomic E-state index is 12.7. The highest BCUT2D eigenvalue weighted by Crippen LogP contribution is 2.30. The lowest BCUT2D eigenvalue weighted by Gasteiger charge is -2.26. The smallest absolute Gasteiger partial charge is 0.252 e. The summed E-state index contributed by atoms with van der Waals surface area (Å²) in [5.74, 6) is 0.0438. The summed E-state index contributed by atoms with van der Waals surface area (Å²) in [6.07, 6.45) is 3.27. The van der Waals surface area contributed by atoms with Crippen molar-refractivity contribution < 1.29 is 4.79 Å². The maximum Gasteiger partial charge on any atom is 0.252 e. The van der Waals surface area contributed by atoms with E-state index < -0.39 is 0 Å². The minimum Gasteiger partial charge on any atom is -0.345 e. The van der Waals surface area contributed by atoms with Gasteiger partial charge < -0.3 is 5.32 Å². The first kappa shape index (κ1) is 14.8. The number of nitrogens with one attached hydrogen (secondary N) is 1. The van der Waals surface area contributed by atoms with Gasteiger partial charge in [-0.1, -0.05) is 30.3 Å². The fraction of sp³-hybridized carbons (Fsp3) is 0.350. The Kier molecular flexibility index (Phi) is 4.02. The van der Waals surface area contributed by atoms with Crippen LogP contribution in [0.25, 0.3) is 0 Å². The second-order valence-electron chi connectivity index (χ2n) is 6.37. The average molecular weight is 293 g/mol. The van der Waals surface area contributed by atoms with Crippen LogP contribution in [-0.2, 0) is 6.42 Å². The SMILES string of the molecule is Cc1cc(C)c(C(=O)NC2CCCc3ccccc32)cc1C. The van der Waals surface area contributed by atoms with Crippen molar-refractivity contribution in [1.29, 1.82) is 0 Å². The number of amides is 1. The van der Waals surface area contributed by atoms with Gasteiger partial charge in [0, 0.05) is 5.56 Å². The van der Waals surface area contributed by atoms with Gasteiger partial charge in [-0.05, 0) is 73.9 Å². The molecule has 114 valence electrons. The number of carbonyl (C=O) groups is 1. The van der Waals surface area contributed by atoms with E-state index in [1.807, 2.05) is 13.0 Å². The van der Waals surface area contributed by atoms with Gasteiger partial charge in [-0.2, -0.15) is 0 Å². The highest BCUT2D eigenvalue weighted by Gasteiger charge is 2.22. The van der Waals surface area contributed by atoms with Crippen LogP contribution >= 0.6 is 0 Å². The number of hydrogen-bond donors (Lipinski definition) is 1. The van der Waals surface area contributed by atoms with Crippen molar-refractivity contribution in [2.24, 2.45) is 0 Å². The van der Waals surface area contributed by atoms with Crippen molar-refractivity contribution >= 4 is 5.91 Å². The summed E-state index contributed by atoms with van der Waals surface area (Å²) in [7, 11) is 0. The van der Waals surface area contributed by atoms with E-state index in [9.17, 15) is 4.79 Å². The van der Waals surface area contributed by atoms with Crippen LogP contribution in [-0.4, -0.2) is 5.91 Å². The van der Waals surface area contributed by atoms with Crippen molar-refractivity contribution in [1.82, 2.24) is 5.32 Å². The number of hydrogen-bond acceptors (Lipinski definition) is 1. The molecule has 3 rings (SSSR count). The Bertz CT molecular complexity index is 718. The Hall–Kier alpha value is -2.09. The second-order valence-corrected chi connectivity index (χ2v) is 6.37. The Morgan fingerprint density at radius 2 is 1.77 bits per heavy atom. The summed E-state index contributed by atoms with van der Waals surface area (Å²) in [4.78, 5) is 12.7. The Morgan fingerprint density at radius 3 is 2.59 bits per heavy atom. The van der Waals surface area contributed by atoms with Crippen LogP contribution in [0.2, 0.25) is 0 Å². The number of carbonyl (C=O) groups excluding carboxylic acids is 1. The Morgan fingerprint density at radius 1 is 1.05 bits per heavy atom. The van der Waals surface area contributed by atoms with Gasteiger partial charge in [0.05, 0.1) is 6.04 Å². The van der Waals surface area contributed by atoms with Crippen molar-refractivity contribution in [3.05, 3.63) is 69.8 Å². The normalized spacial score (nSPS) is 17.0. The van der Waals surface area contributed by atoms with E-state index in [0.717, 1.165) is 30.4 Å². The molecule has 0 fully saturated rings. The lowest BCUT2D eigenvalue weighted by atomic mass is 9.87. The first-order valence-electron chi connectivity index (χ1n) is 8.03. The van der Waals surface area contributed by atoms with E-state index in [4.69, 9.17) is 0 Å². The van der Waals surface area contributed by atoms with Crippen LogP contribution < -0.4 is 5.32 Å². The van der Waals surface area contributed by atoms with Gasteiger partial charge >= 0.3 is 0 Å². The third-order valence-corrected chi connectivity index (χ3v) is 4.76. The molecule has 2 heteroatoms. The summed E-state index contributed by atoms with van der Waals surface area (Å²) in [6.45, 7) is 6.15. The number of fused-ring (bicyclic) bond motifs is 1. The third kappa shape index (κ3) is 2.78. The predicted octanol–water partition coefficient (Wildman–Crippen LogP) is 4.42. The van der Waals surface area contributed by atoms with Crippen LogP contribution in [0, 0.1) is 20.8 Å². The summed E-state index contributed by atoms with van der Waals surface area (Å²) in [6, 6.07) is 12.7. The summed E-state index contributed by atoms with van der Waals surface area (Å²) >= 11 is 0. The molecule has 1 amide bonds. The van der Waals surface area contributed by atoms with E-state index >= 15 is 0 Å². The quantitative estimate of drug-likeness (QED) is 0.872. The van der Waals surface area contributed by atoms with Gasteiger partial charge in [-0.3, -0.25) is 4.79 Å². The van der Waals surface area contributed by atoms with E-state index in [1.54, 1.807) is 0 Å². The molecule has 0 saturated heterocycles. The van der Waals surface area contributed by atoms with Gasteiger partial charge in [0.25, 0.3) is 5.91 Å². The van der Waals surface area contributed by atoms with Crippen LogP contribution in [0.5, 0.6) is 0 Å². The van der Waals surface area contributed by atoms with E-state index in [0.29, 0.717) is 0 Å². The van der Waals surface area contributed by atoms with Crippen molar-refractivity contribution in [3.8, 4) is 0 Å². The molecule has 0 saturated carbocycles. The minimum atomic E-state index is 0.0438. The molecule has 22 heavy (non-hydrogen) atoms. The molecule has 0 bridgehead atoms. The Labute approximate surface area is 132 Å². The zero-order valence-electron chi connectivity index (χ0n) is 13.6. The first-order valence-corrected chi connectivity index (χ1v) is 8.03. The molecule has 1 unspecified atom stereocenters. The van der Waals surface area contributed by atoms with E-state index in [2.05, 4.69) is 49.5 Å². The monoisotopic (exact) mass is 293 g/mol. The molecule has 1 N–H and O–H groups in total. The number of rotatable bonds is 2. The summed E-state index contributed by atoms with van der Waals surface area (Å²) in [5, 5.41) is 3.24. The molecule has 2 aromatic rings. The van der Waals surface area contributed by atoms with Gasteiger partial charge in [-0.15, -0.1) is 0 Å².